The zero-order valence-electron chi connectivity index (χ0n) is 16.3. The Morgan fingerprint density at radius 1 is 1.04 bits per heavy atom. The summed E-state index contributed by atoms with van der Waals surface area (Å²) in [6.45, 7) is 4.11. The van der Waals surface area contributed by atoms with Crippen LogP contribution in [0.5, 0.6) is 0 Å². The van der Waals surface area contributed by atoms with Crippen molar-refractivity contribution in [3.05, 3.63) is 0 Å². The van der Waals surface area contributed by atoms with Crippen molar-refractivity contribution in [2.24, 2.45) is 11.5 Å². The molecule has 9 nitrogen and oxygen atoms in total. The third-order valence-corrected chi connectivity index (χ3v) is 4.86. The third kappa shape index (κ3) is 6.82. The van der Waals surface area contributed by atoms with Gasteiger partial charge in [0.15, 0.2) is 0 Å². The van der Waals surface area contributed by atoms with Crippen LogP contribution in [0.2, 0.25) is 0 Å². The molecule has 0 aliphatic heterocycles. The molecule has 1 aliphatic rings. The quantitative estimate of drug-likeness (QED) is 0.341. The smallest absolute Gasteiger partial charge is 0.246 e. The maximum absolute atomic E-state index is 13.0. The van der Waals surface area contributed by atoms with Crippen LogP contribution < -0.4 is 27.4 Å². The first-order chi connectivity index (χ1) is 12.8. The van der Waals surface area contributed by atoms with Crippen LogP contribution in [-0.2, 0) is 19.2 Å². The molecule has 1 fully saturated rings. The van der Waals surface area contributed by atoms with Crippen molar-refractivity contribution in [1.82, 2.24) is 16.0 Å². The number of hydrogen-bond donors (Lipinski definition) is 5. The van der Waals surface area contributed by atoms with Gasteiger partial charge >= 0.3 is 0 Å². The number of carbonyl (C=O) groups is 4. The summed E-state index contributed by atoms with van der Waals surface area (Å²) in [6, 6.07) is -1.78. The van der Waals surface area contributed by atoms with Gasteiger partial charge in [0.05, 0.1) is 12.5 Å². The van der Waals surface area contributed by atoms with Crippen LogP contribution in [0.25, 0.3) is 0 Å². The van der Waals surface area contributed by atoms with Crippen molar-refractivity contribution in [3.63, 3.8) is 0 Å². The number of carbonyl (C=O) groups excluding carboxylic acids is 4. The molecule has 0 aromatic heterocycles. The summed E-state index contributed by atoms with van der Waals surface area (Å²) in [5.41, 5.74) is 9.90. The van der Waals surface area contributed by atoms with Crippen LogP contribution >= 0.6 is 0 Å². The first-order valence-electron chi connectivity index (χ1n) is 9.70. The van der Waals surface area contributed by atoms with Gasteiger partial charge in [-0.1, -0.05) is 33.1 Å². The second-order valence-corrected chi connectivity index (χ2v) is 7.13. The Hall–Kier alpha value is -2.16. The molecular weight excluding hydrogens is 350 g/mol. The lowest BCUT2D eigenvalue weighted by Crippen LogP contribution is -2.64. The Morgan fingerprint density at radius 2 is 1.67 bits per heavy atom. The Balaban J connectivity index is 2.95. The largest absolute Gasteiger partial charge is 0.370 e. The molecule has 9 heteroatoms. The van der Waals surface area contributed by atoms with Crippen molar-refractivity contribution < 1.29 is 19.2 Å². The zero-order chi connectivity index (χ0) is 20.4. The summed E-state index contributed by atoms with van der Waals surface area (Å²) < 4.78 is 0. The molecule has 7 N–H and O–H groups in total. The van der Waals surface area contributed by atoms with Crippen molar-refractivity contribution >= 4 is 23.6 Å². The lowest BCUT2D eigenvalue weighted by molar-refractivity contribution is -0.138. The summed E-state index contributed by atoms with van der Waals surface area (Å²) in [5.74, 6) is -2.03. The van der Waals surface area contributed by atoms with E-state index in [2.05, 4.69) is 16.0 Å². The Bertz CT molecular complexity index is 546. The van der Waals surface area contributed by atoms with Gasteiger partial charge in [-0.05, 0) is 25.7 Å². The maximum atomic E-state index is 13.0. The first-order valence-corrected chi connectivity index (χ1v) is 9.70. The van der Waals surface area contributed by atoms with Crippen LogP contribution in [-0.4, -0.2) is 47.8 Å². The number of hydrogen-bond acceptors (Lipinski definition) is 5. The minimum atomic E-state index is -1.12. The summed E-state index contributed by atoms with van der Waals surface area (Å²) in [5, 5.41) is 8.08. The molecule has 154 valence electrons. The minimum Gasteiger partial charge on any atom is -0.370 e. The van der Waals surface area contributed by atoms with Crippen LogP contribution in [0.1, 0.15) is 65.2 Å². The summed E-state index contributed by atoms with van der Waals surface area (Å²) in [4.78, 5) is 49.0. The van der Waals surface area contributed by atoms with E-state index in [1.807, 2.05) is 6.92 Å². The molecule has 0 bridgehead atoms. The zero-order valence-corrected chi connectivity index (χ0v) is 16.3. The molecule has 2 unspecified atom stereocenters. The van der Waals surface area contributed by atoms with Crippen molar-refractivity contribution in [3.8, 4) is 0 Å². The van der Waals surface area contributed by atoms with Crippen LogP contribution in [0.15, 0.2) is 0 Å². The molecule has 27 heavy (non-hydrogen) atoms. The highest BCUT2D eigenvalue weighted by Crippen LogP contribution is 2.29. The third-order valence-electron chi connectivity index (χ3n) is 4.86. The van der Waals surface area contributed by atoms with E-state index in [4.69, 9.17) is 11.5 Å². The van der Waals surface area contributed by atoms with E-state index in [0.29, 0.717) is 25.8 Å². The van der Waals surface area contributed by atoms with E-state index in [0.717, 1.165) is 25.7 Å². The molecule has 0 spiro atoms. The van der Waals surface area contributed by atoms with Crippen molar-refractivity contribution in [1.29, 1.82) is 0 Å². The highest BCUT2D eigenvalue weighted by Gasteiger charge is 2.42. The molecule has 0 saturated heterocycles. The highest BCUT2D eigenvalue weighted by atomic mass is 16.2. The number of primary amides is 1. The van der Waals surface area contributed by atoms with E-state index in [9.17, 15) is 19.2 Å². The molecule has 0 aromatic carbocycles. The molecule has 1 saturated carbocycles. The van der Waals surface area contributed by atoms with Gasteiger partial charge in [-0.2, -0.15) is 0 Å². The molecule has 1 rings (SSSR count). The van der Waals surface area contributed by atoms with E-state index in [1.54, 1.807) is 6.92 Å². The number of amides is 4. The fourth-order valence-corrected chi connectivity index (χ4v) is 3.16. The summed E-state index contributed by atoms with van der Waals surface area (Å²) in [7, 11) is 0. The van der Waals surface area contributed by atoms with Crippen LogP contribution in [0, 0.1) is 0 Å². The molecule has 1 aliphatic carbocycles. The van der Waals surface area contributed by atoms with Gasteiger partial charge in [-0.15, -0.1) is 0 Å². The van der Waals surface area contributed by atoms with Gasteiger partial charge in [-0.3, -0.25) is 19.2 Å². The second-order valence-electron chi connectivity index (χ2n) is 7.13. The highest BCUT2D eigenvalue weighted by molar-refractivity contribution is 5.97. The molecular formula is C18H33N5O4. The molecule has 0 radical (unpaired) electrons. The monoisotopic (exact) mass is 383 g/mol. The molecule has 0 aromatic rings. The fraction of sp³-hybridized carbons (Fsp3) is 0.778. The lowest BCUT2D eigenvalue weighted by atomic mass is 9.80. The van der Waals surface area contributed by atoms with Gasteiger partial charge in [0.1, 0.15) is 11.6 Å². The SMILES string of the molecule is CCCNC(=O)C(CC(N)=O)NC(=O)C1(NC(=O)C(N)CC)CCCCC1. The second kappa shape index (κ2) is 10.9. The fourth-order valence-electron chi connectivity index (χ4n) is 3.16. The Labute approximate surface area is 160 Å². The normalized spacial score (nSPS) is 18.0. The molecule has 4 amide bonds. The van der Waals surface area contributed by atoms with Gasteiger partial charge in [-0.25, -0.2) is 0 Å². The van der Waals surface area contributed by atoms with Crippen molar-refractivity contribution in [2.75, 3.05) is 6.54 Å². The average molecular weight is 383 g/mol. The summed E-state index contributed by atoms with van der Waals surface area (Å²) >= 11 is 0. The van der Waals surface area contributed by atoms with Gasteiger partial charge < -0.3 is 27.4 Å². The number of nitrogens with two attached hydrogens (primary N) is 2. The van der Waals surface area contributed by atoms with E-state index in [1.165, 1.54) is 0 Å². The van der Waals surface area contributed by atoms with Gasteiger partial charge in [0.2, 0.25) is 23.6 Å². The van der Waals surface area contributed by atoms with Crippen LogP contribution in [0.3, 0.4) is 0 Å². The standard InChI is InChI=1S/C18H33N5O4/c1-3-10-21-16(26)13(11-14(20)24)22-17(27)18(8-6-5-7-9-18)23-15(25)12(19)4-2/h12-13H,3-11,19H2,1-2H3,(H2,20,24)(H,21,26)(H,22,27)(H,23,25). The average Bonchev–Trinajstić information content (AvgIpc) is 2.64. The Morgan fingerprint density at radius 3 is 2.19 bits per heavy atom. The molecule has 2 atom stereocenters. The van der Waals surface area contributed by atoms with E-state index < -0.39 is 41.3 Å². The minimum absolute atomic E-state index is 0.306. The van der Waals surface area contributed by atoms with Gasteiger partial charge in [0.25, 0.3) is 0 Å². The molecule has 0 heterocycles. The van der Waals surface area contributed by atoms with Crippen LogP contribution in [0.4, 0.5) is 0 Å². The van der Waals surface area contributed by atoms with E-state index in [-0.39, 0.29) is 6.42 Å². The van der Waals surface area contributed by atoms with E-state index >= 15 is 0 Å². The van der Waals surface area contributed by atoms with Gasteiger partial charge in [0, 0.05) is 6.54 Å². The summed E-state index contributed by atoms with van der Waals surface area (Å²) in [6.07, 6.45) is 4.30. The maximum Gasteiger partial charge on any atom is 0.246 e. The predicted molar refractivity (Wildman–Crippen MR) is 101 cm³/mol. The lowest BCUT2D eigenvalue weighted by Gasteiger charge is -2.38. The number of rotatable bonds is 10. The number of nitrogens with one attached hydrogen (secondary N) is 3. The van der Waals surface area contributed by atoms with Crippen molar-refractivity contribution in [2.45, 2.75) is 82.8 Å². The Kier molecular flexibility index (Phi) is 9.20. The topological polar surface area (TPSA) is 156 Å². The first kappa shape index (κ1) is 22.9. The predicted octanol–water partition coefficient (Wildman–Crippen LogP) is -0.571.